The fourth-order valence-electron chi connectivity index (χ4n) is 2.15. The van der Waals surface area contributed by atoms with Crippen LogP contribution < -0.4 is 10.6 Å². The molecule has 0 aliphatic heterocycles. The van der Waals surface area contributed by atoms with E-state index >= 15 is 0 Å². The number of carbonyl (C=O) groups is 1. The van der Waals surface area contributed by atoms with E-state index in [9.17, 15) is 4.79 Å². The van der Waals surface area contributed by atoms with E-state index in [-0.39, 0.29) is 5.91 Å². The summed E-state index contributed by atoms with van der Waals surface area (Å²) in [7, 11) is 0. The number of hydrogen-bond donors (Lipinski definition) is 2. The molecule has 0 saturated heterocycles. The van der Waals surface area contributed by atoms with Crippen LogP contribution in [0.15, 0.2) is 48.5 Å². The number of benzene rings is 2. The van der Waals surface area contributed by atoms with E-state index < -0.39 is 0 Å². The minimum absolute atomic E-state index is 0.0450. The third-order valence-electron chi connectivity index (χ3n) is 3.36. The highest BCUT2D eigenvalue weighted by molar-refractivity contribution is 5.88. The van der Waals surface area contributed by atoms with Gasteiger partial charge in [-0.2, -0.15) is 0 Å². The summed E-state index contributed by atoms with van der Waals surface area (Å²) in [5, 5.41) is 6.19. The minimum Gasteiger partial charge on any atom is -0.326 e. The normalized spacial score (nSPS) is 10.4. The Balaban J connectivity index is 1.81. The highest BCUT2D eigenvalue weighted by Crippen LogP contribution is 2.10. The molecular weight excluding hydrogens is 260 g/mol. The van der Waals surface area contributed by atoms with Gasteiger partial charge in [-0.05, 0) is 35.2 Å². The van der Waals surface area contributed by atoms with Gasteiger partial charge in [-0.15, -0.1) is 0 Å². The average molecular weight is 282 g/mol. The first kappa shape index (κ1) is 15.3. The van der Waals surface area contributed by atoms with Crippen LogP contribution in [0.5, 0.6) is 0 Å². The topological polar surface area (TPSA) is 41.1 Å². The van der Waals surface area contributed by atoms with Gasteiger partial charge >= 0.3 is 0 Å². The lowest BCUT2D eigenvalue weighted by atomic mass is 10.1. The maximum Gasteiger partial charge on any atom is 0.221 e. The van der Waals surface area contributed by atoms with Gasteiger partial charge < -0.3 is 10.6 Å². The maximum absolute atomic E-state index is 10.9. The molecule has 2 N–H and O–H groups in total. The molecule has 3 heteroatoms. The zero-order valence-corrected chi connectivity index (χ0v) is 12.6. The quantitative estimate of drug-likeness (QED) is 0.851. The van der Waals surface area contributed by atoms with Crippen molar-refractivity contribution in [1.29, 1.82) is 0 Å². The molecule has 0 aromatic heterocycles. The molecule has 0 aliphatic carbocycles. The average Bonchev–Trinajstić information content (AvgIpc) is 2.49. The van der Waals surface area contributed by atoms with Crippen LogP contribution in [-0.2, 0) is 24.3 Å². The van der Waals surface area contributed by atoms with Gasteiger partial charge in [-0.3, -0.25) is 4.79 Å². The largest absolute Gasteiger partial charge is 0.326 e. The molecule has 0 aliphatic rings. The Hall–Kier alpha value is -2.13. The smallest absolute Gasteiger partial charge is 0.221 e. The third-order valence-corrected chi connectivity index (χ3v) is 3.36. The van der Waals surface area contributed by atoms with Crippen molar-refractivity contribution in [3.63, 3.8) is 0 Å². The van der Waals surface area contributed by atoms with Crippen LogP contribution in [0.3, 0.4) is 0 Å². The van der Waals surface area contributed by atoms with Gasteiger partial charge in [0.05, 0.1) is 0 Å². The van der Waals surface area contributed by atoms with Crippen LogP contribution in [0, 0.1) is 0 Å². The molecule has 3 nitrogen and oxygen atoms in total. The van der Waals surface area contributed by atoms with Crippen molar-refractivity contribution in [3.8, 4) is 0 Å². The second-order valence-electron chi connectivity index (χ2n) is 5.15. The van der Waals surface area contributed by atoms with Gasteiger partial charge in [0.1, 0.15) is 0 Å². The standard InChI is InChI=1S/C18H22N2O/c1-3-15-4-6-16(7-5-15)12-19-13-17-8-10-18(11-9-17)20-14(2)21/h4-11,19H,3,12-13H2,1-2H3,(H,20,21). The molecule has 0 bridgehead atoms. The van der Waals surface area contributed by atoms with Gasteiger partial charge in [-0.25, -0.2) is 0 Å². The lowest BCUT2D eigenvalue weighted by Gasteiger charge is -2.07. The Kier molecular flexibility index (Phi) is 5.52. The molecule has 2 rings (SSSR count). The van der Waals surface area contributed by atoms with E-state index in [1.165, 1.54) is 23.6 Å². The minimum atomic E-state index is -0.0450. The van der Waals surface area contributed by atoms with Crippen LogP contribution in [0.2, 0.25) is 0 Å². The van der Waals surface area contributed by atoms with Crippen molar-refractivity contribution in [1.82, 2.24) is 5.32 Å². The van der Waals surface area contributed by atoms with Crippen molar-refractivity contribution >= 4 is 11.6 Å². The molecule has 2 aromatic rings. The molecule has 2 aromatic carbocycles. The van der Waals surface area contributed by atoms with Gasteiger partial charge in [-0.1, -0.05) is 43.3 Å². The molecule has 0 heterocycles. The molecule has 0 radical (unpaired) electrons. The molecule has 21 heavy (non-hydrogen) atoms. The van der Waals surface area contributed by atoms with E-state index in [4.69, 9.17) is 0 Å². The fourth-order valence-corrected chi connectivity index (χ4v) is 2.15. The third kappa shape index (κ3) is 5.04. The van der Waals surface area contributed by atoms with Crippen LogP contribution in [0.4, 0.5) is 5.69 Å². The first-order valence-electron chi connectivity index (χ1n) is 7.32. The van der Waals surface area contributed by atoms with E-state index in [2.05, 4.69) is 41.8 Å². The van der Waals surface area contributed by atoms with Crippen LogP contribution in [-0.4, -0.2) is 5.91 Å². The van der Waals surface area contributed by atoms with Crippen molar-refractivity contribution in [2.45, 2.75) is 33.4 Å². The summed E-state index contributed by atoms with van der Waals surface area (Å²) in [6.07, 6.45) is 1.08. The summed E-state index contributed by atoms with van der Waals surface area (Å²) in [5.41, 5.74) is 4.70. The number of aryl methyl sites for hydroxylation is 1. The summed E-state index contributed by atoms with van der Waals surface area (Å²) >= 11 is 0. The van der Waals surface area contributed by atoms with E-state index in [1.807, 2.05) is 24.3 Å². The summed E-state index contributed by atoms with van der Waals surface area (Å²) < 4.78 is 0. The van der Waals surface area contributed by atoms with Crippen LogP contribution in [0.1, 0.15) is 30.5 Å². The molecule has 0 unspecified atom stereocenters. The summed E-state index contributed by atoms with van der Waals surface area (Å²) in [4.78, 5) is 10.9. The Morgan fingerprint density at radius 3 is 1.81 bits per heavy atom. The second kappa shape index (κ2) is 7.60. The number of anilines is 1. The molecule has 0 saturated carbocycles. The predicted octanol–water partition coefficient (Wildman–Crippen LogP) is 3.50. The summed E-state index contributed by atoms with van der Waals surface area (Å²) in [6.45, 7) is 5.35. The van der Waals surface area contributed by atoms with Crippen molar-refractivity contribution in [3.05, 3.63) is 65.2 Å². The molecule has 0 fully saturated rings. The van der Waals surface area contributed by atoms with E-state index in [0.29, 0.717) is 0 Å². The second-order valence-corrected chi connectivity index (χ2v) is 5.15. The predicted molar refractivity (Wildman–Crippen MR) is 87.1 cm³/mol. The Morgan fingerprint density at radius 1 is 0.857 bits per heavy atom. The van der Waals surface area contributed by atoms with Crippen LogP contribution >= 0.6 is 0 Å². The maximum atomic E-state index is 10.9. The Bertz CT molecular complexity index is 573. The van der Waals surface area contributed by atoms with Crippen molar-refractivity contribution < 1.29 is 4.79 Å². The fraction of sp³-hybridized carbons (Fsp3) is 0.278. The van der Waals surface area contributed by atoms with Crippen LogP contribution in [0.25, 0.3) is 0 Å². The number of nitrogens with one attached hydrogen (secondary N) is 2. The van der Waals surface area contributed by atoms with Gasteiger partial charge in [0.2, 0.25) is 5.91 Å². The monoisotopic (exact) mass is 282 g/mol. The highest BCUT2D eigenvalue weighted by Gasteiger charge is 1.97. The summed E-state index contributed by atoms with van der Waals surface area (Å²) in [6, 6.07) is 16.6. The Morgan fingerprint density at radius 2 is 1.33 bits per heavy atom. The van der Waals surface area contributed by atoms with Gasteiger partial charge in [0.15, 0.2) is 0 Å². The van der Waals surface area contributed by atoms with Crippen molar-refractivity contribution in [2.75, 3.05) is 5.32 Å². The zero-order valence-electron chi connectivity index (χ0n) is 12.6. The first-order chi connectivity index (χ1) is 10.2. The number of carbonyl (C=O) groups excluding carboxylic acids is 1. The molecular formula is C18H22N2O. The Labute approximate surface area is 126 Å². The summed E-state index contributed by atoms with van der Waals surface area (Å²) in [5.74, 6) is -0.0450. The molecule has 1 amide bonds. The van der Waals surface area contributed by atoms with Gasteiger partial charge in [0.25, 0.3) is 0 Å². The van der Waals surface area contributed by atoms with Gasteiger partial charge in [0, 0.05) is 25.7 Å². The van der Waals surface area contributed by atoms with E-state index in [0.717, 1.165) is 25.2 Å². The van der Waals surface area contributed by atoms with E-state index in [1.54, 1.807) is 0 Å². The molecule has 0 atom stereocenters. The SMILES string of the molecule is CCc1ccc(CNCc2ccc(NC(C)=O)cc2)cc1. The number of rotatable bonds is 6. The highest BCUT2D eigenvalue weighted by atomic mass is 16.1. The lowest BCUT2D eigenvalue weighted by molar-refractivity contribution is -0.114. The number of hydrogen-bond acceptors (Lipinski definition) is 2. The first-order valence-corrected chi connectivity index (χ1v) is 7.32. The number of amides is 1. The lowest BCUT2D eigenvalue weighted by Crippen LogP contribution is -2.12. The molecule has 0 spiro atoms. The zero-order chi connectivity index (χ0) is 15.1. The molecule has 110 valence electrons. The van der Waals surface area contributed by atoms with Crippen molar-refractivity contribution in [2.24, 2.45) is 0 Å².